The second-order valence-corrected chi connectivity index (χ2v) is 9.50. The summed E-state index contributed by atoms with van der Waals surface area (Å²) in [5.74, 6) is 8.69. The van der Waals surface area contributed by atoms with Gasteiger partial charge in [0, 0.05) is 5.92 Å². The third kappa shape index (κ3) is 7.88. The number of aryl methyl sites for hydroxylation is 1. The molecule has 0 radical (unpaired) electrons. The number of hydrogen-bond acceptors (Lipinski definition) is 2. The number of rotatable bonds is 7. The average molecular weight is 421 g/mol. The molecule has 0 aromatic heterocycles. The smallest absolute Gasteiger partial charge is 0.338 e. The van der Waals surface area contributed by atoms with E-state index in [-0.39, 0.29) is 12.1 Å². The van der Waals surface area contributed by atoms with Crippen LogP contribution in [0.15, 0.2) is 36.4 Å². The fraction of sp³-hybridized carbons (Fsp3) is 0.621. The molecule has 1 aromatic carbocycles. The van der Waals surface area contributed by atoms with E-state index in [1.807, 2.05) is 24.3 Å². The van der Waals surface area contributed by atoms with Crippen molar-refractivity contribution < 1.29 is 9.53 Å². The summed E-state index contributed by atoms with van der Waals surface area (Å²) < 4.78 is 5.74. The molecule has 3 rings (SSSR count). The molecular formula is C29H40O2. The molecule has 2 aliphatic carbocycles. The molecule has 168 valence electrons. The van der Waals surface area contributed by atoms with Crippen LogP contribution in [-0.2, 0) is 11.2 Å². The van der Waals surface area contributed by atoms with Crippen molar-refractivity contribution in [1.29, 1.82) is 0 Å². The molecule has 0 aliphatic heterocycles. The molecule has 0 saturated heterocycles. The van der Waals surface area contributed by atoms with E-state index in [1.54, 1.807) is 0 Å². The minimum atomic E-state index is -0.190. The van der Waals surface area contributed by atoms with Crippen LogP contribution >= 0.6 is 0 Å². The highest BCUT2D eigenvalue weighted by Gasteiger charge is 2.23. The highest BCUT2D eigenvalue weighted by atomic mass is 16.5. The van der Waals surface area contributed by atoms with Crippen LogP contribution in [0, 0.1) is 29.6 Å². The van der Waals surface area contributed by atoms with Gasteiger partial charge < -0.3 is 4.74 Å². The van der Waals surface area contributed by atoms with Crippen molar-refractivity contribution in [3.63, 3.8) is 0 Å². The SMILES string of the molecule is CCCCC1CCC(C=CC#CC2CCC(OC(=O)c3ccc(CC)cc3)CC2)CC1. The molecule has 2 nitrogen and oxygen atoms in total. The zero-order valence-electron chi connectivity index (χ0n) is 19.6. The number of carbonyl (C=O) groups excluding carboxylic acids is 1. The second-order valence-electron chi connectivity index (χ2n) is 9.50. The van der Waals surface area contributed by atoms with Crippen LogP contribution in [0.5, 0.6) is 0 Å². The van der Waals surface area contributed by atoms with Gasteiger partial charge in [-0.3, -0.25) is 0 Å². The van der Waals surface area contributed by atoms with Gasteiger partial charge in [0.15, 0.2) is 0 Å². The summed E-state index contributed by atoms with van der Waals surface area (Å²) in [6, 6.07) is 7.77. The molecular weight excluding hydrogens is 380 g/mol. The number of ether oxygens (including phenoxy) is 1. The predicted octanol–water partition coefficient (Wildman–Crippen LogP) is 7.52. The van der Waals surface area contributed by atoms with Gasteiger partial charge in [-0.1, -0.05) is 63.2 Å². The number of unbranched alkanes of at least 4 members (excludes halogenated alkanes) is 1. The minimum absolute atomic E-state index is 0.0369. The molecule has 0 heterocycles. The Morgan fingerprint density at radius 2 is 1.71 bits per heavy atom. The molecule has 0 amide bonds. The number of carbonyl (C=O) groups is 1. The van der Waals surface area contributed by atoms with Crippen molar-refractivity contribution >= 4 is 5.97 Å². The van der Waals surface area contributed by atoms with E-state index < -0.39 is 0 Å². The molecule has 0 atom stereocenters. The number of esters is 1. The molecule has 2 heteroatoms. The zero-order valence-corrected chi connectivity index (χ0v) is 19.6. The summed E-state index contributed by atoms with van der Waals surface area (Å²) in [5, 5.41) is 0. The fourth-order valence-corrected chi connectivity index (χ4v) is 4.93. The average Bonchev–Trinajstić information content (AvgIpc) is 2.82. The Kier molecular flexibility index (Phi) is 9.73. The van der Waals surface area contributed by atoms with Gasteiger partial charge in [0.25, 0.3) is 0 Å². The monoisotopic (exact) mass is 420 g/mol. The fourth-order valence-electron chi connectivity index (χ4n) is 4.93. The number of benzene rings is 1. The Labute approximate surface area is 189 Å². The lowest BCUT2D eigenvalue weighted by atomic mass is 9.80. The van der Waals surface area contributed by atoms with Gasteiger partial charge in [0.2, 0.25) is 0 Å². The lowest BCUT2D eigenvalue weighted by Crippen LogP contribution is -2.24. The van der Waals surface area contributed by atoms with Gasteiger partial charge in [-0.15, -0.1) is 0 Å². The number of allylic oxidation sites excluding steroid dienone is 2. The van der Waals surface area contributed by atoms with E-state index >= 15 is 0 Å². The third-order valence-electron chi connectivity index (χ3n) is 7.14. The molecule has 2 aliphatic rings. The lowest BCUT2D eigenvalue weighted by Gasteiger charge is -2.26. The summed E-state index contributed by atoms with van der Waals surface area (Å²) in [4.78, 5) is 12.4. The topological polar surface area (TPSA) is 26.3 Å². The molecule has 0 unspecified atom stereocenters. The summed E-state index contributed by atoms with van der Waals surface area (Å²) in [6.07, 6.45) is 19.0. The molecule has 0 N–H and O–H groups in total. The van der Waals surface area contributed by atoms with E-state index in [0.29, 0.717) is 11.5 Å². The highest BCUT2D eigenvalue weighted by Crippen LogP contribution is 2.32. The summed E-state index contributed by atoms with van der Waals surface area (Å²) in [5.41, 5.74) is 1.90. The molecule has 2 saturated carbocycles. The van der Waals surface area contributed by atoms with Crippen molar-refractivity contribution in [1.82, 2.24) is 0 Å². The van der Waals surface area contributed by atoms with Gasteiger partial charge in [-0.05, 0) is 93.4 Å². The van der Waals surface area contributed by atoms with Crippen molar-refractivity contribution in [2.75, 3.05) is 0 Å². The first-order valence-corrected chi connectivity index (χ1v) is 12.7. The molecule has 31 heavy (non-hydrogen) atoms. The maximum atomic E-state index is 12.4. The minimum Gasteiger partial charge on any atom is -0.459 e. The Morgan fingerprint density at radius 3 is 2.35 bits per heavy atom. The van der Waals surface area contributed by atoms with E-state index in [9.17, 15) is 4.79 Å². The van der Waals surface area contributed by atoms with Crippen LogP contribution < -0.4 is 0 Å². The summed E-state index contributed by atoms with van der Waals surface area (Å²) in [7, 11) is 0. The van der Waals surface area contributed by atoms with Crippen LogP contribution in [0.3, 0.4) is 0 Å². The van der Waals surface area contributed by atoms with E-state index in [2.05, 4.69) is 37.8 Å². The van der Waals surface area contributed by atoms with Crippen LogP contribution in [0.2, 0.25) is 0 Å². The maximum Gasteiger partial charge on any atom is 0.338 e. The summed E-state index contributed by atoms with van der Waals surface area (Å²) >= 11 is 0. The van der Waals surface area contributed by atoms with Crippen molar-refractivity contribution in [3.8, 4) is 11.8 Å². The molecule has 0 spiro atoms. The Balaban J connectivity index is 1.34. The first kappa shape index (κ1) is 23.6. The first-order chi connectivity index (χ1) is 15.2. The van der Waals surface area contributed by atoms with E-state index in [4.69, 9.17) is 4.74 Å². The van der Waals surface area contributed by atoms with Gasteiger partial charge >= 0.3 is 5.97 Å². The van der Waals surface area contributed by atoms with E-state index in [0.717, 1.165) is 43.9 Å². The molecule has 0 bridgehead atoms. The van der Waals surface area contributed by atoms with Gasteiger partial charge in [0.1, 0.15) is 6.10 Å². The van der Waals surface area contributed by atoms with Crippen molar-refractivity contribution in [2.24, 2.45) is 17.8 Å². The molecule has 2 fully saturated rings. The quantitative estimate of drug-likeness (QED) is 0.337. The number of hydrogen-bond donors (Lipinski definition) is 0. The lowest BCUT2D eigenvalue weighted by molar-refractivity contribution is 0.0188. The van der Waals surface area contributed by atoms with Crippen LogP contribution in [-0.4, -0.2) is 12.1 Å². The van der Waals surface area contributed by atoms with Crippen LogP contribution in [0.4, 0.5) is 0 Å². The summed E-state index contributed by atoms with van der Waals surface area (Å²) in [6.45, 7) is 4.41. The maximum absolute atomic E-state index is 12.4. The second kappa shape index (κ2) is 12.7. The molecule has 1 aromatic rings. The van der Waals surface area contributed by atoms with Gasteiger partial charge in [0.05, 0.1) is 5.56 Å². The van der Waals surface area contributed by atoms with Crippen molar-refractivity contribution in [2.45, 2.75) is 97.0 Å². The highest BCUT2D eigenvalue weighted by molar-refractivity contribution is 5.89. The van der Waals surface area contributed by atoms with Crippen LogP contribution in [0.1, 0.15) is 100 Å². The van der Waals surface area contributed by atoms with Crippen molar-refractivity contribution in [3.05, 3.63) is 47.5 Å². The Bertz CT molecular complexity index is 748. The zero-order chi connectivity index (χ0) is 21.9. The largest absolute Gasteiger partial charge is 0.459 e. The van der Waals surface area contributed by atoms with Gasteiger partial charge in [-0.25, -0.2) is 4.79 Å². The van der Waals surface area contributed by atoms with Gasteiger partial charge in [-0.2, -0.15) is 0 Å². The van der Waals surface area contributed by atoms with Crippen LogP contribution in [0.25, 0.3) is 0 Å². The normalized spacial score (nSPS) is 26.3. The third-order valence-corrected chi connectivity index (χ3v) is 7.14. The first-order valence-electron chi connectivity index (χ1n) is 12.7. The predicted molar refractivity (Wildman–Crippen MR) is 129 cm³/mol. The Morgan fingerprint density at radius 1 is 1.00 bits per heavy atom. The standard InChI is InChI=1S/C29H40O2/c1-3-5-8-24-11-13-25(14-12-24)9-6-7-10-26-17-21-28(22-18-26)31-29(30)27-19-15-23(4-2)16-20-27/h6,9,15-16,19-20,24-26,28H,3-5,8,11-14,17-18,21-22H2,1-2H3. The van der Waals surface area contributed by atoms with E-state index in [1.165, 1.54) is 50.5 Å². The Hall–Kier alpha value is -2.01.